The Hall–Kier alpha value is -1.30. The molecule has 0 aliphatic heterocycles. The van der Waals surface area contributed by atoms with Gasteiger partial charge in [0.15, 0.2) is 11.5 Å². The van der Waals surface area contributed by atoms with Gasteiger partial charge in [0.05, 0.1) is 11.6 Å². The molecule has 6 heteroatoms. The van der Waals surface area contributed by atoms with Gasteiger partial charge in [0.25, 0.3) is 0 Å². The van der Waals surface area contributed by atoms with Crippen molar-refractivity contribution in [1.82, 2.24) is 0 Å². The van der Waals surface area contributed by atoms with Crippen molar-refractivity contribution in [2.45, 2.75) is 19.3 Å². The summed E-state index contributed by atoms with van der Waals surface area (Å²) < 4.78 is 18.4. The Labute approximate surface area is 106 Å². The highest BCUT2D eigenvalue weighted by atomic mass is 79.9. The summed E-state index contributed by atoms with van der Waals surface area (Å²) >= 11 is 3.02. The average Bonchev–Trinajstić information content (AvgIpc) is 2.27. The Morgan fingerprint density at radius 1 is 1.59 bits per heavy atom. The first kappa shape index (κ1) is 13.8. The first-order chi connectivity index (χ1) is 7.97. The molecule has 0 saturated carbocycles. The summed E-state index contributed by atoms with van der Waals surface area (Å²) in [6, 6.07) is 1.07. The van der Waals surface area contributed by atoms with Crippen molar-refractivity contribution in [3.8, 4) is 11.5 Å². The molecular weight excluding hydrogens is 295 g/mol. The van der Waals surface area contributed by atoms with Gasteiger partial charge in [-0.3, -0.25) is 4.79 Å². The lowest BCUT2D eigenvalue weighted by molar-refractivity contribution is -0.137. The van der Waals surface area contributed by atoms with Crippen LogP contribution in [-0.4, -0.2) is 23.3 Å². The van der Waals surface area contributed by atoms with E-state index in [1.165, 1.54) is 7.11 Å². The Morgan fingerprint density at radius 3 is 2.76 bits per heavy atom. The number of hydrogen-bond acceptors (Lipinski definition) is 3. The molecule has 94 valence electrons. The SMILES string of the molecule is COc1cc(F)c(Br)c(CCCC(=O)O)c1O. The quantitative estimate of drug-likeness (QED) is 0.878. The van der Waals surface area contributed by atoms with Crippen LogP contribution in [0, 0.1) is 5.82 Å². The van der Waals surface area contributed by atoms with Crippen molar-refractivity contribution in [2.75, 3.05) is 7.11 Å². The zero-order valence-corrected chi connectivity index (χ0v) is 10.8. The highest BCUT2D eigenvalue weighted by molar-refractivity contribution is 9.10. The second-order valence-corrected chi connectivity index (χ2v) is 4.24. The van der Waals surface area contributed by atoms with Crippen LogP contribution in [0.25, 0.3) is 0 Å². The van der Waals surface area contributed by atoms with Crippen LogP contribution in [-0.2, 0) is 11.2 Å². The van der Waals surface area contributed by atoms with Crippen LogP contribution in [0.1, 0.15) is 18.4 Å². The summed E-state index contributed by atoms with van der Waals surface area (Å²) in [5, 5.41) is 18.3. The van der Waals surface area contributed by atoms with Gasteiger partial charge in [0.1, 0.15) is 5.82 Å². The van der Waals surface area contributed by atoms with Gasteiger partial charge in [0.2, 0.25) is 0 Å². The predicted octanol–water partition coefficient (Wildman–Crippen LogP) is 2.71. The lowest BCUT2D eigenvalue weighted by atomic mass is 10.1. The largest absolute Gasteiger partial charge is 0.504 e. The van der Waals surface area contributed by atoms with Crippen LogP contribution in [0.5, 0.6) is 11.5 Å². The number of methoxy groups -OCH3 is 1. The molecule has 0 fully saturated rings. The van der Waals surface area contributed by atoms with Crippen LogP contribution in [0.4, 0.5) is 4.39 Å². The topological polar surface area (TPSA) is 66.8 Å². The zero-order chi connectivity index (χ0) is 13.0. The fourth-order valence-electron chi connectivity index (χ4n) is 1.44. The molecular formula is C11H12BrFO4. The zero-order valence-electron chi connectivity index (χ0n) is 9.17. The second-order valence-electron chi connectivity index (χ2n) is 3.45. The number of rotatable bonds is 5. The molecule has 0 bridgehead atoms. The molecule has 0 amide bonds. The van der Waals surface area contributed by atoms with Crippen molar-refractivity contribution >= 4 is 21.9 Å². The number of phenolic OH excluding ortho intramolecular Hbond substituents is 1. The Bertz CT molecular complexity index is 434. The first-order valence-electron chi connectivity index (χ1n) is 4.93. The van der Waals surface area contributed by atoms with Gasteiger partial charge < -0.3 is 14.9 Å². The molecule has 0 spiro atoms. The number of benzene rings is 1. The van der Waals surface area contributed by atoms with Gasteiger partial charge >= 0.3 is 5.97 Å². The fourth-order valence-corrected chi connectivity index (χ4v) is 1.94. The summed E-state index contributed by atoms with van der Waals surface area (Å²) in [7, 11) is 1.32. The number of hydrogen-bond donors (Lipinski definition) is 2. The fraction of sp³-hybridized carbons (Fsp3) is 0.364. The third kappa shape index (κ3) is 3.33. The maximum atomic E-state index is 13.4. The molecule has 1 aromatic carbocycles. The van der Waals surface area contributed by atoms with Crippen molar-refractivity contribution in [3.05, 3.63) is 21.9 Å². The van der Waals surface area contributed by atoms with Crippen LogP contribution >= 0.6 is 15.9 Å². The van der Waals surface area contributed by atoms with E-state index in [0.29, 0.717) is 12.0 Å². The summed E-state index contributed by atoms with van der Waals surface area (Å²) in [5.41, 5.74) is 0.322. The minimum absolute atomic E-state index is 0.0370. The van der Waals surface area contributed by atoms with E-state index in [-0.39, 0.29) is 28.8 Å². The van der Waals surface area contributed by atoms with E-state index in [9.17, 15) is 14.3 Å². The van der Waals surface area contributed by atoms with Gasteiger partial charge in [-0.15, -0.1) is 0 Å². The number of carbonyl (C=O) groups is 1. The number of carboxylic acid groups (broad SMARTS) is 1. The third-order valence-corrected chi connectivity index (χ3v) is 3.15. The molecule has 1 rings (SSSR count). The molecule has 0 saturated heterocycles. The van der Waals surface area contributed by atoms with E-state index in [1.54, 1.807) is 0 Å². The number of aliphatic carboxylic acids is 1. The third-order valence-electron chi connectivity index (χ3n) is 2.29. The number of carboxylic acids is 1. The smallest absolute Gasteiger partial charge is 0.303 e. The monoisotopic (exact) mass is 306 g/mol. The molecule has 0 unspecified atom stereocenters. The maximum Gasteiger partial charge on any atom is 0.303 e. The summed E-state index contributed by atoms with van der Waals surface area (Å²) in [6.45, 7) is 0. The molecule has 0 radical (unpaired) electrons. The molecule has 2 N–H and O–H groups in total. The van der Waals surface area contributed by atoms with Crippen LogP contribution in [0.15, 0.2) is 10.5 Å². The summed E-state index contributed by atoms with van der Waals surface area (Å²) in [6.07, 6.45) is 0.533. The van der Waals surface area contributed by atoms with Crippen molar-refractivity contribution in [2.24, 2.45) is 0 Å². The maximum absolute atomic E-state index is 13.4. The summed E-state index contributed by atoms with van der Waals surface area (Å²) in [4.78, 5) is 10.4. The molecule has 17 heavy (non-hydrogen) atoms. The number of halogens is 2. The van der Waals surface area contributed by atoms with Gasteiger partial charge in [0, 0.05) is 18.1 Å². The molecule has 0 aromatic heterocycles. The molecule has 1 aromatic rings. The second kappa shape index (κ2) is 5.86. The molecule has 4 nitrogen and oxygen atoms in total. The highest BCUT2D eigenvalue weighted by Crippen LogP contribution is 2.37. The number of phenols is 1. The Morgan fingerprint density at radius 2 is 2.24 bits per heavy atom. The van der Waals surface area contributed by atoms with Crippen molar-refractivity contribution in [1.29, 1.82) is 0 Å². The van der Waals surface area contributed by atoms with Crippen molar-refractivity contribution < 1.29 is 24.1 Å². The number of ether oxygens (including phenoxy) is 1. The van der Waals surface area contributed by atoms with Gasteiger partial charge in [-0.25, -0.2) is 4.39 Å². The molecule has 0 aliphatic carbocycles. The minimum atomic E-state index is -0.927. The standard InChI is InChI=1S/C11H12BrFO4/c1-17-8-5-7(13)10(12)6(11(8)16)3-2-4-9(14)15/h5,16H,2-4H2,1H3,(H,14,15). The lowest BCUT2D eigenvalue weighted by Gasteiger charge is -2.11. The van der Waals surface area contributed by atoms with E-state index < -0.39 is 11.8 Å². The van der Waals surface area contributed by atoms with E-state index in [0.717, 1.165) is 6.07 Å². The van der Waals surface area contributed by atoms with E-state index >= 15 is 0 Å². The van der Waals surface area contributed by atoms with Crippen LogP contribution < -0.4 is 4.74 Å². The molecule has 0 heterocycles. The average molecular weight is 307 g/mol. The molecule has 0 atom stereocenters. The summed E-state index contributed by atoms with van der Waals surface area (Å²) in [5.74, 6) is -1.60. The lowest BCUT2D eigenvalue weighted by Crippen LogP contribution is -1.99. The van der Waals surface area contributed by atoms with Crippen molar-refractivity contribution in [3.63, 3.8) is 0 Å². The van der Waals surface area contributed by atoms with E-state index in [4.69, 9.17) is 9.84 Å². The van der Waals surface area contributed by atoms with E-state index in [2.05, 4.69) is 15.9 Å². The Kier molecular flexibility index (Phi) is 4.74. The van der Waals surface area contributed by atoms with Crippen LogP contribution in [0.2, 0.25) is 0 Å². The molecule has 0 aliphatic rings. The van der Waals surface area contributed by atoms with Crippen LogP contribution in [0.3, 0.4) is 0 Å². The minimum Gasteiger partial charge on any atom is -0.504 e. The predicted molar refractivity (Wildman–Crippen MR) is 62.9 cm³/mol. The normalized spacial score (nSPS) is 10.3. The van der Waals surface area contributed by atoms with Gasteiger partial charge in [-0.1, -0.05) is 0 Å². The van der Waals surface area contributed by atoms with Gasteiger partial charge in [-0.05, 0) is 28.8 Å². The highest BCUT2D eigenvalue weighted by Gasteiger charge is 2.16. The number of aromatic hydroxyl groups is 1. The van der Waals surface area contributed by atoms with Gasteiger partial charge in [-0.2, -0.15) is 0 Å². The van der Waals surface area contributed by atoms with E-state index in [1.807, 2.05) is 0 Å². The Balaban J connectivity index is 2.96. The first-order valence-corrected chi connectivity index (χ1v) is 5.72.